The van der Waals surface area contributed by atoms with E-state index in [4.69, 9.17) is 59.0 Å². The largest absolute Gasteiger partial charge is 0.488 e. The average molecular weight is 1890 g/mol. The quantitative estimate of drug-likeness (QED) is 0.0567. The van der Waals surface area contributed by atoms with E-state index in [-0.39, 0.29) is 54.0 Å². The van der Waals surface area contributed by atoms with E-state index in [0.717, 1.165) is 341 Å². The Labute approximate surface area is 802 Å². The molecule has 1 atom stereocenters. The monoisotopic (exact) mass is 1890 g/mol. The first-order chi connectivity index (χ1) is 67.4. The number of nitrogens with zero attached hydrogens (tertiary/aromatic N) is 19. The maximum atomic E-state index is 15.2. The second kappa shape index (κ2) is 46.9. The van der Waals surface area contributed by atoms with Gasteiger partial charge in [-0.05, 0) is 239 Å². The van der Waals surface area contributed by atoms with Crippen LogP contribution in [0.1, 0.15) is 175 Å². The number of hydrogen-bond acceptors (Lipinski definition) is 31. The smallest absolute Gasteiger partial charge is 0.186 e. The van der Waals surface area contributed by atoms with Crippen LogP contribution in [0.3, 0.4) is 0 Å². The normalized spacial score (nSPS) is 23.0. The van der Waals surface area contributed by atoms with Crippen molar-refractivity contribution in [2.45, 2.75) is 210 Å². The lowest BCUT2D eigenvalue weighted by molar-refractivity contribution is 0.0851. The third kappa shape index (κ3) is 25.4. The Morgan fingerprint density at radius 1 is 0.350 bits per heavy atom. The third-order valence-electron chi connectivity index (χ3n) is 28.3. The van der Waals surface area contributed by atoms with Crippen LogP contribution in [-0.4, -0.2) is 235 Å². The molecular formula is C103H124ClF2N21O10. The van der Waals surface area contributed by atoms with Crippen molar-refractivity contribution in [3.05, 3.63) is 186 Å². The zero-order valence-electron chi connectivity index (χ0n) is 78.2. The number of halogens is 3. The molecule has 1 unspecified atom stereocenters. The molecule has 34 heteroatoms. The Morgan fingerprint density at radius 2 is 0.715 bits per heavy atom. The molecule has 22 rings (SSSR count). The van der Waals surface area contributed by atoms with Crippen LogP contribution < -0.4 is 44.3 Å². The molecule has 137 heavy (non-hydrogen) atoms. The summed E-state index contributed by atoms with van der Waals surface area (Å²) in [5, 5.41) is 6.89. The Bertz CT molecular complexity index is 5760. The van der Waals surface area contributed by atoms with Crippen molar-refractivity contribution in [1.82, 2.24) is 79.7 Å². The summed E-state index contributed by atoms with van der Waals surface area (Å²) in [5.41, 5.74) is 14.5. The number of nitrogens with one attached hydrogen (secondary N) is 2. The van der Waals surface area contributed by atoms with Gasteiger partial charge in [-0.3, -0.25) is 24.9 Å². The summed E-state index contributed by atoms with van der Waals surface area (Å²) in [4.78, 5) is 77.6. The predicted molar refractivity (Wildman–Crippen MR) is 518 cm³/mol. The summed E-state index contributed by atoms with van der Waals surface area (Å²) in [6.07, 6.45) is 46.7. The van der Waals surface area contributed by atoms with Crippen LogP contribution >= 0.6 is 11.6 Å². The Kier molecular flexibility index (Phi) is 32.4. The minimum Gasteiger partial charge on any atom is -0.488 e. The lowest BCUT2D eigenvalue weighted by Crippen LogP contribution is -2.36. The highest BCUT2D eigenvalue weighted by Crippen LogP contribution is 2.42. The van der Waals surface area contributed by atoms with Crippen molar-refractivity contribution < 1.29 is 56.1 Å². The van der Waals surface area contributed by atoms with Gasteiger partial charge in [0.25, 0.3) is 0 Å². The van der Waals surface area contributed by atoms with Crippen molar-refractivity contribution in [1.29, 1.82) is 0 Å². The molecule has 31 nitrogen and oxygen atoms in total. The lowest BCUT2D eigenvalue weighted by atomic mass is 9.84. The molecule has 6 aliphatic heterocycles. The molecule has 0 bridgehead atoms. The first kappa shape index (κ1) is 94.6. The predicted octanol–water partition coefficient (Wildman–Crippen LogP) is 16.8. The van der Waals surface area contributed by atoms with E-state index >= 15 is 8.78 Å². The van der Waals surface area contributed by atoms with Crippen LogP contribution in [0.25, 0.3) is 44.1 Å². The molecule has 722 valence electrons. The van der Waals surface area contributed by atoms with Gasteiger partial charge in [-0.1, -0.05) is 11.6 Å². The van der Waals surface area contributed by atoms with Gasteiger partial charge in [-0.2, -0.15) is 0 Å². The molecule has 4 aromatic carbocycles. The average Bonchev–Trinajstić information content (AvgIpc) is 1.24. The number of fused-ring (bicyclic) bond motifs is 4. The summed E-state index contributed by atoms with van der Waals surface area (Å²) in [7, 11) is 0. The van der Waals surface area contributed by atoms with E-state index in [1.807, 2.05) is 25.4 Å². The molecule has 0 spiro atoms. The minimum atomic E-state index is -0.335. The fraction of sp³-hybridized carbons (Fsp3) is 0.534. The number of morpholine rings is 3. The molecule has 4 aliphatic carbocycles. The number of anilines is 5. The number of benzene rings is 4. The van der Waals surface area contributed by atoms with E-state index in [9.17, 15) is 0 Å². The van der Waals surface area contributed by atoms with Gasteiger partial charge in [0.2, 0.25) is 0 Å². The van der Waals surface area contributed by atoms with Crippen LogP contribution in [0.2, 0.25) is 5.15 Å². The first-order valence-electron chi connectivity index (χ1n) is 49.6. The molecule has 4 saturated carbocycles. The van der Waals surface area contributed by atoms with Crippen LogP contribution in [-0.2, 0) is 54.1 Å². The third-order valence-corrected chi connectivity index (χ3v) is 28.5. The van der Waals surface area contributed by atoms with E-state index in [1.165, 1.54) is 18.2 Å². The lowest BCUT2D eigenvalue weighted by Gasteiger charge is -2.31. The number of aryl methyl sites for hydroxylation is 1. The van der Waals surface area contributed by atoms with E-state index in [1.54, 1.807) is 55.8 Å². The summed E-state index contributed by atoms with van der Waals surface area (Å²) in [5.74, 6) is 6.57. The summed E-state index contributed by atoms with van der Waals surface area (Å²) in [6, 6.07) is 19.3. The van der Waals surface area contributed by atoms with Crippen molar-refractivity contribution in [3.8, 4) is 23.0 Å². The molecule has 10 fully saturated rings. The Balaban J connectivity index is 0.000000117. The van der Waals surface area contributed by atoms with Gasteiger partial charge in [0, 0.05) is 181 Å². The van der Waals surface area contributed by atoms with Gasteiger partial charge >= 0.3 is 0 Å². The second-order valence-electron chi connectivity index (χ2n) is 37.7. The maximum absolute atomic E-state index is 15.2. The molecule has 0 amide bonds. The fourth-order valence-electron chi connectivity index (χ4n) is 20.7. The number of rotatable bonds is 24. The molecule has 12 aromatic rings. The molecule has 6 saturated heterocycles. The molecule has 8 aromatic heterocycles. The van der Waals surface area contributed by atoms with Crippen LogP contribution in [0.5, 0.6) is 23.0 Å². The second-order valence-corrected chi connectivity index (χ2v) is 38.1. The van der Waals surface area contributed by atoms with E-state index in [0.29, 0.717) is 91.2 Å². The molecule has 10 aliphatic rings. The van der Waals surface area contributed by atoms with Crippen molar-refractivity contribution in [2.24, 2.45) is 23.7 Å². The number of ether oxygens (including phenoxy) is 10. The van der Waals surface area contributed by atoms with Gasteiger partial charge < -0.3 is 72.7 Å². The van der Waals surface area contributed by atoms with Gasteiger partial charge in [-0.15, -0.1) is 0 Å². The summed E-state index contributed by atoms with van der Waals surface area (Å²) in [6.45, 7) is 15.8. The maximum Gasteiger partial charge on any atom is 0.186 e. The van der Waals surface area contributed by atoms with E-state index in [2.05, 4.69) is 154 Å². The van der Waals surface area contributed by atoms with Gasteiger partial charge in [-0.25, -0.2) is 63.6 Å². The highest BCUT2D eigenvalue weighted by atomic mass is 35.5. The molecule has 14 heterocycles. The molecule has 0 radical (unpaired) electrons. The molecular weight excluding hydrogens is 1760 g/mol. The van der Waals surface area contributed by atoms with Gasteiger partial charge in [0.1, 0.15) is 68.7 Å². The van der Waals surface area contributed by atoms with Crippen molar-refractivity contribution in [3.63, 3.8) is 0 Å². The number of hydrogen-bond donors (Lipinski definition) is 2. The van der Waals surface area contributed by atoms with Crippen LogP contribution in [0.15, 0.2) is 135 Å². The Hall–Kier alpha value is -11.3. The SMILES string of the molecule is Cc1nccc(CC2CCC(Oc3cc(C4CCOCC4)cc4nccnc34)CC2)n1.Clc1cncc(CC2CCC(Oc3cc(N4CCOCC4)cc4nccnc34)CC2)n1.Fc1c(CC2CCC(Oc3cc(N4CCOCC4)cc4nccnc34)CC2)ncnc1NC1CCOC1.Fc1c(CC2CCC(Oc3cc(N4CCOCC4)cc4nccnc34)CC2)ncnc1NC1CCOCC1. The fourth-order valence-corrected chi connectivity index (χ4v) is 20.9. The summed E-state index contributed by atoms with van der Waals surface area (Å²) < 4.78 is 89.3. The highest BCUT2D eigenvalue weighted by molar-refractivity contribution is 6.29. The number of aromatic nitrogens is 16. The van der Waals surface area contributed by atoms with Crippen LogP contribution in [0, 0.1) is 42.2 Å². The highest BCUT2D eigenvalue weighted by Gasteiger charge is 2.34. The van der Waals surface area contributed by atoms with Gasteiger partial charge in [0.05, 0.1) is 122 Å². The molecule has 2 N–H and O–H groups in total. The van der Waals surface area contributed by atoms with Crippen LogP contribution in [0.4, 0.5) is 37.5 Å². The minimum absolute atomic E-state index is 0.0937. The van der Waals surface area contributed by atoms with Crippen molar-refractivity contribution in [2.75, 3.05) is 144 Å². The van der Waals surface area contributed by atoms with E-state index < -0.39 is 0 Å². The first-order valence-corrected chi connectivity index (χ1v) is 50.0. The zero-order valence-corrected chi connectivity index (χ0v) is 78.9. The topological polar surface area (TPSA) is 332 Å². The van der Waals surface area contributed by atoms with Crippen molar-refractivity contribution >= 4 is 84.4 Å². The summed E-state index contributed by atoms with van der Waals surface area (Å²) >= 11 is 5.98. The Morgan fingerprint density at radius 3 is 1.12 bits per heavy atom. The standard InChI is InChI=1S/C28H35FN6O3.C27H33FN6O3.C25H30N4O2.C23H26ClN5O2/c29-26-23(32-18-33-28(26)34-20-5-11-36-12-6-20)15-19-1-3-22(4-2-19)38-25-17-21(35-9-13-37-14-10-35)16-24-27(25)31-8-7-30-24;28-25-22(31-17-32-27(25)33-19-5-10-36-16-19)13-18-1-3-21(4-2-18)37-24-15-20(34-8-11-35-12-9-34)14-23-26(24)30-7-6-29-23;1-17-26-9-6-21(29-17)14-18-2-4-22(5-3-18)31-24-16-20(19-7-12-30-13-8-19)15-23-25(24)28-11-10-27-23;24-22-15-25-14-17(28-22)11-16-1-3-19(4-2-16)31-21-13-18(29-7-9-30-10-8-29)12-20-23(21)27-6-5-26-20/h7-8,16-20,22H,1-6,9-15H2,(H,32,33,34);6-7,14-15,17-19,21H,1-5,8-13,16H2,(H,31,32,33);6,9-11,15-16,18-19,22H,2-5,7-8,12-14H2,1H3;5-6,12-16,19H,1-4,7-11H2. The van der Waals surface area contributed by atoms with Gasteiger partial charge in [0.15, 0.2) is 23.3 Å². The zero-order chi connectivity index (χ0) is 92.9.